The van der Waals surface area contributed by atoms with E-state index in [1.807, 2.05) is 13.1 Å². The van der Waals surface area contributed by atoms with Crippen LogP contribution < -0.4 is 15.5 Å². The first kappa shape index (κ1) is 12.2. The van der Waals surface area contributed by atoms with Crippen molar-refractivity contribution >= 4 is 28.7 Å². The summed E-state index contributed by atoms with van der Waals surface area (Å²) in [6, 6.07) is 8.35. The predicted molar refractivity (Wildman–Crippen MR) is 77.8 cm³/mol. The molecular formula is C13H19N3S. The van der Waals surface area contributed by atoms with Gasteiger partial charge in [-0.15, -0.1) is 0 Å². The summed E-state index contributed by atoms with van der Waals surface area (Å²) in [7, 11) is 1.83. The Bertz CT molecular complexity index is 386. The number of anilines is 2. The molecule has 0 aliphatic carbocycles. The summed E-state index contributed by atoms with van der Waals surface area (Å²) in [6.07, 6.45) is 3.91. The molecule has 0 atom stereocenters. The van der Waals surface area contributed by atoms with Crippen LogP contribution >= 0.6 is 12.2 Å². The molecule has 0 amide bonds. The van der Waals surface area contributed by atoms with Crippen molar-refractivity contribution in [3.8, 4) is 0 Å². The minimum atomic E-state index is 0.662. The van der Waals surface area contributed by atoms with E-state index in [2.05, 4.69) is 33.7 Å². The zero-order valence-electron chi connectivity index (χ0n) is 10.2. The van der Waals surface area contributed by atoms with E-state index in [-0.39, 0.29) is 0 Å². The Labute approximate surface area is 108 Å². The number of rotatable bonds is 2. The Balaban J connectivity index is 2.17. The first-order valence-corrected chi connectivity index (χ1v) is 6.55. The molecule has 1 heterocycles. The van der Waals surface area contributed by atoms with Gasteiger partial charge in [0.1, 0.15) is 0 Å². The smallest absolute Gasteiger partial charge is 0.170 e. The van der Waals surface area contributed by atoms with Crippen LogP contribution in [0.25, 0.3) is 0 Å². The minimum Gasteiger partial charge on any atom is -0.370 e. The normalized spacial score (nSPS) is 15.5. The highest BCUT2D eigenvalue weighted by Gasteiger charge is 2.14. The Morgan fingerprint density at radius 2 is 1.88 bits per heavy atom. The maximum absolute atomic E-state index is 5.16. The van der Waals surface area contributed by atoms with Gasteiger partial charge in [-0.05, 0) is 43.6 Å². The molecule has 4 heteroatoms. The van der Waals surface area contributed by atoms with Gasteiger partial charge in [0.2, 0.25) is 0 Å². The number of hydrogen-bond donors (Lipinski definition) is 2. The summed E-state index contributed by atoms with van der Waals surface area (Å²) in [5, 5.41) is 6.84. The number of nitrogens with zero attached hydrogens (tertiary/aromatic N) is 1. The van der Waals surface area contributed by atoms with E-state index >= 15 is 0 Å². The summed E-state index contributed by atoms with van der Waals surface area (Å²) >= 11 is 5.16. The predicted octanol–water partition coefficient (Wildman–Crippen LogP) is 2.59. The van der Waals surface area contributed by atoms with Gasteiger partial charge in [-0.2, -0.15) is 0 Å². The molecule has 0 unspecified atom stereocenters. The number of nitrogens with one attached hydrogen (secondary N) is 2. The molecular weight excluding hydrogens is 230 g/mol. The van der Waals surface area contributed by atoms with Crippen molar-refractivity contribution in [3.05, 3.63) is 24.3 Å². The first-order valence-electron chi connectivity index (χ1n) is 6.14. The second-order valence-corrected chi connectivity index (χ2v) is 4.68. The number of hydrogen-bond acceptors (Lipinski definition) is 2. The van der Waals surface area contributed by atoms with E-state index in [9.17, 15) is 0 Å². The molecule has 0 spiro atoms. The Hall–Kier alpha value is -1.29. The second-order valence-electron chi connectivity index (χ2n) is 4.27. The maximum atomic E-state index is 5.16. The van der Waals surface area contributed by atoms with E-state index in [0.717, 1.165) is 18.8 Å². The van der Waals surface area contributed by atoms with E-state index in [1.54, 1.807) is 0 Å². The van der Waals surface area contributed by atoms with E-state index < -0.39 is 0 Å². The lowest BCUT2D eigenvalue weighted by atomic mass is 10.1. The molecule has 2 rings (SSSR count). The van der Waals surface area contributed by atoms with Crippen LogP contribution in [-0.4, -0.2) is 25.2 Å². The van der Waals surface area contributed by atoms with Gasteiger partial charge < -0.3 is 15.5 Å². The highest BCUT2D eigenvalue weighted by Crippen LogP contribution is 2.28. The molecule has 1 saturated heterocycles. The van der Waals surface area contributed by atoms with E-state index in [4.69, 9.17) is 12.2 Å². The standard InChI is InChI=1S/C13H19N3S/c1-14-13(17)15-11-7-3-4-8-12(11)16-9-5-2-6-10-16/h3-4,7-8H,2,5-6,9-10H2,1H3,(H2,14,15,17). The highest BCUT2D eigenvalue weighted by molar-refractivity contribution is 7.80. The van der Waals surface area contributed by atoms with Crippen molar-refractivity contribution in [2.75, 3.05) is 30.4 Å². The average Bonchev–Trinajstić information content (AvgIpc) is 2.40. The fraction of sp³-hybridized carbons (Fsp3) is 0.462. The van der Waals surface area contributed by atoms with Gasteiger partial charge in [0.25, 0.3) is 0 Å². The zero-order chi connectivity index (χ0) is 12.1. The molecule has 1 aromatic carbocycles. The second kappa shape index (κ2) is 5.87. The fourth-order valence-electron chi connectivity index (χ4n) is 2.17. The lowest BCUT2D eigenvalue weighted by Crippen LogP contribution is -2.31. The van der Waals surface area contributed by atoms with Crippen molar-refractivity contribution < 1.29 is 0 Å². The lowest BCUT2D eigenvalue weighted by molar-refractivity contribution is 0.578. The quantitative estimate of drug-likeness (QED) is 0.788. The average molecular weight is 249 g/mol. The van der Waals surface area contributed by atoms with Crippen LogP contribution in [0.3, 0.4) is 0 Å². The number of para-hydroxylation sites is 2. The van der Waals surface area contributed by atoms with Crippen molar-refractivity contribution in [1.82, 2.24) is 5.32 Å². The molecule has 0 bridgehead atoms. The van der Waals surface area contributed by atoms with Crippen molar-refractivity contribution in [2.24, 2.45) is 0 Å². The topological polar surface area (TPSA) is 27.3 Å². The van der Waals surface area contributed by atoms with Gasteiger partial charge in [0.15, 0.2) is 5.11 Å². The van der Waals surface area contributed by atoms with Crippen molar-refractivity contribution in [1.29, 1.82) is 0 Å². The first-order chi connectivity index (χ1) is 8.31. The SMILES string of the molecule is CNC(=S)Nc1ccccc1N1CCCCC1. The highest BCUT2D eigenvalue weighted by atomic mass is 32.1. The summed E-state index contributed by atoms with van der Waals surface area (Å²) in [5.74, 6) is 0. The van der Waals surface area contributed by atoms with E-state index in [1.165, 1.54) is 24.9 Å². The third-order valence-corrected chi connectivity index (χ3v) is 3.38. The summed E-state index contributed by atoms with van der Waals surface area (Å²) in [5.41, 5.74) is 2.35. The summed E-state index contributed by atoms with van der Waals surface area (Å²) < 4.78 is 0. The maximum Gasteiger partial charge on any atom is 0.170 e. The van der Waals surface area contributed by atoms with Crippen LogP contribution in [0.15, 0.2) is 24.3 Å². The molecule has 92 valence electrons. The Morgan fingerprint density at radius 1 is 1.18 bits per heavy atom. The van der Waals surface area contributed by atoms with Gasteiger partial charge in [-0.3, -0.25) is 0 Å². The van der Waals surface area contributed by atoms with Gasteiger partial charge in [0, 0.05) is 20.1 Å². The summed E-state index contributed by atoms with van der Waals surface area (Å²) in [6.45, 7) is 2.29. The molecule has 3 nitrogen and oxygen atoms in total. The van der Waals surface area contributed by atoms with Gasteiger partial charge in [-0.25, -0.2) is 0 Å². The van der Waals surface area contributed by atoms with Crippen molar-refractivity contribution in [3.63, 3.8) is 0 Å². The van der Waals surface area contributed by atoms with Gasteiger partial charge in [-0.1, -0.05) is 12.1 Å². The van der Waals surface area contributed by atoms with Crippen LogP contribution in [0.4, 0.5) is 11.4 Å². The van der Waals surface area contributed by atoms with Crippen molar-refractivity contribution in [2.45, 2.75) is 19.3 Å². The van der Waals surface area contributed by atoms with Crippen LogP contribution in [0.5, 0.6) is 0 Å². The molecule has 1 fully saturated rings. The van der Waals surface area contributed by atoms with Gasteiger partial charge >= 0.3 is 0 Å². The molecule has 1 aliphatic rings. The van der Waals surface area contributed by atoms with Crippen LogP contribution in [-0.2, 0) is 0 Å². The Kier molecular flexibility index (Phi) is 4.20. The third kappa shape index (κ3) is 3.09. The number of piperidine rings is 1. The lowest BCUT2D eigenvalue weighted by Gasteiger charge is -2.30. The molecule has 0 saturated carbocycles. The molecule has 0 radical (unpaired) electrons. The minimum absolute atomic E-state index is 0.662. The Morgan fingerprint density at radius 3 is 2.59 bits per heavy atom. The molecule has 2 N–H and O–H groups in total. The number of thiocarbonyl (C=S) groups is 1. The molecule has 1 aliphatic heterocycles. The van der Waals surface area contributed by atoms with Gasteiger partial charge in [0.05, 0.1) is 11.4 Å². The monoisotopic (exact) mass is 249 g/mol. The third-order valence-electron chi connectivity index (χ3n) is 3.08. The molecule has 0 aromatic heterocycles. The molecule has 1 aromatic rings. The van der Waals surface area contributed by atoms with Crippen LogP contribution in [0.1, 0.15) is 19.3 Å². The molecule has 17 heavy (non-hydrogen) atoms. The van der Waals surface area contributed by atoms with Crippen LogP contribution in [0, 0.1) is 0 Å². The fourth-order valence-corrected chi connectivity index (χ4v) is 2.28. The van der Waals surface area contributed by atoms with E-state index in [0.29, 0.717) is 5.11 Å². The zero-order valence-corrected chi connectivity index (χ0v) is 11.0. The van der Waals surface area contributed by atoms with Crippen LogP contribution in [0.2, 0.25) is 0 Å². The largest absolute Gasteiger partial charge is 0.370 e. The number of benzene rings is 1. The summed E-state index contributed by atoms with van der Waals surface area (Å²) in [4.78, 5) is 2.43.